The first-order valence-electron chi connectivity index (χ1n) is 33.4. The molecule has 0 aliphatic heterocycles. The maximum Gasteiger partial charge on any atom is 0.0465 e. The molecule has 94 heavy (non-hydrogen) atoms. The van der Waals surface area contributed by atoms with Crippen LogP contribution >= 0.6 is 0 Å². The lowest BCUT2D eigenvalue weighted by molar-refractivity contribution is 0.590. The first-order chi connectivity index (χ1) is 45.3. The number of nitrogens with zero attached hydrogens (tertiary/aromatic N) is 2. The van der Waals surface area contributed by atoms with Crippen LogP contribution in [0.1, 0.15) is 125 Å². The van der Waals surface area contributed by atoms with Crippen molar-refractivity contribution in [2.75, 3.05) is 9.80 Å². The standard InChI is InChI=1S/C92H80N2/c1-89(2,3)73-37-45-77(46-38-73)93(75-41-33-67(34-42-75)71-31-29-65-15-11-13-17-69(65)57-71)79-49-53-83-81-51-27-63(55-85(81)91(7,8)87(83)59-79)25-23-61-19-21-62(22-20-61)24-26-64-28-52-82-84-54-50-80(60-88(84)92(9,10)86(82)56-64)94(78-47-39-74(40-48-78)90(4,5)6)76-43-35-68(36-44-76)72-32-30-66-16-12-14-18-70(66)58-72/h11-60H,1-10H3. The third kappa shape index (κ3) is 11.2. The zero-order valence-corrected chi connectivity index (χ0v) is 55.8. The van der Waals surface area contributed by atoms with Crippen molar-refractivity contribution >= 4 is 80.0 Å². The van der Waals surface area contributed by atoms with E-state index in [-0.39, 0.29) is 21.7 Å². The van der Waals surface area contributed by atoms with Crippen molar-refractivity contribution in [2.24, 2.45) is 0 Å². The second kappa shape index (κ2) is 23.2. The number of rotatable bonds is 12. The van der Waals surface area contributed by atoms with E-state index in [0.29, 0.717) is 0 Å². The molecule has 2 aliphatic carbocycles. The van der Waals surface area contributed by atoms with Crippen LogP contribution in [-0.4, -0.2) is 0 Å². The molecule has 0 saturated carbocycles. The first-order valence-corrected chi connectivity index (χ1v) is 33.4. The van der Waals surface area contributed by atoms with E-state index in [4.69, 9.17) is 0 Å². The first kappa shape index (κ1) is 59.7. The summed E-state index contributed by atoms with van der Waals surface area (Å²) in [7, 11) is 0. The van der Waals surface area contributed by atoms with Gasteiger partial charge in [-0.2, -0.15) is 0 Å². The Hall–Kier alpha value is -10.5. The van der Waals surface area contributed by atoms with Crippen molar-refractivity contribution in [3.63, 3.8) is 0 Å². The van der Waals surface area contributed by atoms with Crippen LogP contribution in [0, 0.1) is 0 Å². The Labute approximate surface area is 556 Å². The molecular weight excluding hydrogens is 1130 g/mol. The highest BCUT2D eigenvalue weighted by molar-refractivity contribution is 5.92. The quantitative estimate of drug-likeness (QED) is 0.113. The van der Waals surface area contributed by atoms with Crippen molar-refractivity contribution in [1.29, 1.82) is 0 Å². The zero-order valence-electron chi connectivity index (χ0n) is 55.8. The second-order valence-corrected chi connectivity index (χ2v) is 29.1. The molecule has 0 N–H and O–H groups in total. The highest BCUT2D eigenvalue weighted by atomic mass is 15.1. The normalized spacial score (nSPS) is 13.7. The predicted molar refractivity (Wildman–Crippen MR) is 405 cm³/mol. The molecule has 0 amide bonds. The van der Waals surface area contributed by atoms with Crippen molar-refractivity contribution in [1.82, 2.24) is 0 Å². The zero-order chi connectivity index (χ0) is 64.7. The number of fused-ring (bicyclic) bond motifs is 8. The van der Waals surface area contributed by atoms with Gasteiger partial charge in [-0.1, -0.05) is 288 Å². The average molecular weight is 1210 g/mol. The smallest absolute Gasteiger partial charge is 0.0465 e. The van der Waals surface area contributed by atoms with Crippen LogP contribution in [-0.2, 0) is 21.7 Å². The van der Waals surface area contributed by atoms with Crippen LogP contribution in [0.15, 0.2) is 279 Å². The molecule has 2 aliphatic rings. The number of hydrogen-bond donors (Lipinski definition) is 0. The van der Waals surface area contributed by atoms with Gasteiger partial charge < -0.3 is 9.80 Å². The minimum atomic E-state index is -0.210. The molecule has 0 radical (unpaired) electrons. The largest absolute Gasteiger partial charge is 0.310 e. The van der Waals surface area contributed by atoms with Crippen LogP contribution in [0.2, 0.25) is 0 Å². The predicted octanol–water partition coefficient (Wildman–Crippen LogP) is 25.8. The van der Waals surface area contributed by atoms with Gasteiger partial charge in [0.05, 0.1) is 0 Å². The van der Waals surface area contributed by atoms with Crippen LogP contribution in [0.5, 0.6) is 0 Å². The highest BCUT2D eigenvalue weighted by Gasteiger charge is 2.38. The van der Waals surface area contributed by atoms with E-state index in [1.807, 2.05) is 0 Å². The third-order valence-corrected chi connectivity index (χ3v) is 20.2. The Morgan fingerprint density at radius 3 is 0.872 bits per heavy atom. The van der Waals surface area contributed by atoms with E-state index in [2.05, 4.69) is 382 Å². The summed E-state index contributed by atoms with van der Waals surface area (Å²) < 4.78 is 0. The summed E-state index contributed by atoms with van der Waals surface area (Å²) in [5.41, 5.74) is 29.3. The third-order valence-electron chi connectivity index (χ3n) is 20.2. The minimum Gasteiger partial charge on any atom is -0.310 e. The van der Waals surface area contributed by atoms with Gasteiger partial charge >= 0.3 is 0 Å². The summed E-state index contributed by atoms with van der Waals surface area (Å²) in [5, 5.41) is 5.01. The van der Waals surface area contributed by atoms with E-state index in [9.17, 15) is 0 Å². The number of benzene rings is 13. The van der Waals surface area contributed by atoms with Gasteiger partial charge in [-0.3, -0.25) is 0 Å². The summed E-state index contributed by atoms with van der Waals surface area (Å²) in [6, 6.07) is 104. The molecule has 2 nitrogen and oxygen atoms in total. The summed E-state index contributed by atoms with van der Waals surface area (Å²) in [4.78, 5) is 4.84. The van der Waals surface area contributed by atoms with Gasteiger partial charge in [-0.25, -0.2) is 0 Å². The Kier molecular flexibility index (Phi) is 14.8. The van der Waals surface area contributed by atoms with Gasteiger partial charge in [0.2, 0.25) is 0 Å². The van der Waals surface area contributed by atoms with E-state index in [1.165, 1.54) is 122 Å². The highest BCUT2D eigenvalue weighted by Crippen LogP contribution is 2.53. The van der Waals surface area contributed by atoms with Crippen LogP contribution < -0.4 is 9.80 Å². The lowest BCUT2D eigenvalue weighted by Gasteiger charge is -2.29. The van der Waals surface area contributed by atoms with Gasteiger partial charge in [0, 0.05) is 45.0 Å². The van der Waals surface area contributed by atoms with Gasteiger partial charge in [-0.15, -0.1) is 0 Å². The SMILES string of the molecule is CC(C)(C)c1ccc(N(c2ccc(-c3ccc4ccccc4c3)cc2)c2ccc3c(c2)C(C)(C)c2cc(C=Cc4ccc(C=Cc5ccc6c(c5)C(C)(C)c5cc(N(c7ccc(-c8ccc9ccccc9c8)cc7)c7ccc(C(C)(C)C)cc7)ccc5-6)cc4)ccc2-3)cc1. The van der Waals surface area contributed by atoms with E-state index < -0.39 is 0 Å². The van der Waals surface area contributed by atoms with Crippen molar-refractivity contribution in [3.05, 3.63) is 335 Å². The molecule has 0 saturated heterocycles. The summed E-state index contributed by atoms with van der Waals surface area (Å²) in [6.07, 6.45) is 9.01. The molecule has 2 heteroatoms. The van der Waals surface area contributed by atoms with Gasteiger partial charge in [0.25, 0.3) is 0 Å². The van der Waals surface area contributed by atoms with E-state index in [1.54, 1.807) is 0 Å². The monoisotopic (exact) mass is 1210 g/mol. The number of hydrogen-bond acceptors (Lipinski definition) is 2. The fourth-order valence-electron chi connectivity index (χ4n) is 14.5. The minimum absolute atomic E-state index is 0.0553. The molecule has 0 atom stereocenters. The lowest BCUT2D eigenvalue weighted by Crippen LogP contribution is -2.17. The Morgan fingerprint density at radius 1 is 0.245 bits per heavy atom. The Bertz CT molecular complexity index is 4770. The molecule has 0 spiro atoms. The molecule has 0 bridgehead atoms. The van der Waals surface area contributed by atoms with Crippen LogP contribution in [0.4, 0.5) is 34.1 Å². The van der Waals surface area contributed by atoms with Gasteiger partial charge in [0.15, 0.2) is 0 Å². The van der Waals surface area contributed by atoms with Crippen LogP contribution in [0.3, 0.4) is 0 Å². The molecule has 0 heterocycles. The summed E-state index contributed by atoms with van der Waals surface area (Å²) in [6.45, 7) is 23.2. The molecule has 458 valence electrons. The topological polar surface area (TPSA) is 6.48 Å². The molecule has 13 aromatic rings. The molecule has 0 unspecified atom stereocenters. The van der Waals surface area contributed by atoms with E-state index >= 15 is 0 Å². The van der Waals surface area contributed by atoms with Crippen molar-refractivity contribution in [2.45, 2.75) is 90.9 Å². The number of anilines is 6. The van der Waals surface area contributed by atoms with Gasteiger partial charge in [0.1, 0.15) is 0 Å². The van der Waals surface area contributed by atoms with Gasteiger partial charge in [-0.05, 0) is 217 Å². The molecule has 13 aromatic carbocycles. The summed E-state index contributed by atoms with van der Waals surface area (Å²) >= 11 is 0. The molecule has 0 fully saturated rings. The Morgan fingerprint density at radius 2 is 0.521 bits per heavy atom. The fourth-order valence-corrected chi connectivity index (χ4v) is 14.5. The summed E-state index contributed by atoms with van der Waals surface area (Å²) in [5.74, 6) is 0. The van der Waals surface area contributed by atoms with Crippen LogP contribution in [0.25, 0.3) is 90.4 Å². The Balaban J connectivity index is 0.648. The van der Waals surface area contributed by atoms with Crippen molar-refractivity contribution in [3.8, 4) is 44.5 Å². The molecular formula is C92H80N2. The van der Waals surface area contributed by atoms with E-state index in [0.717, 1.165) is 34.1 Å². The molecule has 0 aromatic heterocycles. The maximum atomic E-state index is 2.44. The second-order valence-electron chi connectivity index (χ2n) is 29.1. The average Bonchev–Trinajstić information content (AvgIpc) is 1.58. The fraction of sp³-hybridized carbons (Fsp3) is 0.152. The lowest BCUT2D eigenvalue weighted by atomic mass is 9.81. The van der Waals surface area contributed by atoms with Crippen molar-refractivity contribution < 1.29 is 0 Å². The molecule has 15 rings (SSSR count). The maximum absolute atomic E-state index is 2.44.